The first-order chi connectivity index (χ1) is 14.5. The lowest BCUT2D eigenvalue weighted by atomic mass is 9.81. The van der Waals surface area contributed by atoms with E-state index in [1.54, 1.807) is 19.2 Å². The Hall–Kier alpha value is -3.17. The van der Waals surface area contributed by atoms with Crippen molar-refractivity contribution in [2.45, 2.75) is 39.3 Å². The first-order valence-electron chi connectivity index (χ1n) is 10.5. The third kappa shape index (κ3) is 3.69. The smallest absolute Gasteiger partial charge is 0.224 e. The third-order valence-corrected chi connectivity index (χ3v) is 6.29. The molecule has 0 saturated carbocycles. The van der Waals surface area contributed by atoms with Crippen LogP contribution in [0.5, 0.6) is 0 Å². The van der Waals surface area contributed by atoms with Crippen LogP contribution in [0.2, 0.25) is 0 Å². The van der Waals surface area contributed by atoms with Crippen molar-refractivity contribution in [1.29, 1.82) is 5.26 Å². The summed E-state index contributed by atoms with van der Waals surface area (Å²) >= 11 is 0. The predicted octanol–water partition coefficient (Wildman–Crippen LogP) is 3.87. The van der Waals surface area contributed by atoms with Crippen molar-refractivity contribution < 1.29 is 4.79 Å². The van der Waals surface area contributed by atoms with Crippen LogP contribution >= 0.6 is 0 Å². The van der Waals surface area contributed by atoms with Gasteiger partial charge < -0.3 is 15.5 Å². The van der Waals surface area contributed by atoms with Crippen LogP contribution in [0.15, 0.2) is 42.6 Å². The third-order valence-electron chi connectivity index (χ3n) is 6.29. The number of rotatable bonds is 3. The van der Waals surface area contributed by atoms with Crippen LogP contribution in [0.1, 0.15) is 49.9 Å². The Kier molecular flexibility index (Phi) is 5.56. The van der Waals surface area contributed by atoms with Crippen LogP contribution in [-0.2, 0) is 4.79 Å². The number of carbonyl (C=O) groups excluding carboxylic acids is 1. The van der Waals surface area contributed by atoms with E-state index in [0.29, 0.717) is 5.56 Å². The Balaban J connectivity index is 1.77. The highest BCUT2D eigenvalue weighted by molar-refractivity contribution is 5.94. The van der Waals surface area contributed by atoms with Gasteiger partial charge in [-0.25, -0.2) is 4.98 Å². The summed E-state index contributed by atoms with van der Waals surface area (Å²) in [6.07, 6.45) is 4.82. The Labute approximate surface area is 177 Å². The van der Waals surface area contributed by atoms with E-state index in [1.807, 2.05) is 11.0 Å². The van der Waals surface area contributed by atoms with Gasteiger partial charge in [-0.05, 0) is 60.9 Å². The monoisotopic (exact) mass is 401 g/mol. The highest BCUT2D eigenvalue weighted by Gasteiger charge is 2.38. The Morgan fingerprint density at radius 3 is 2.77 bits per heavy atom. The van der Waals surface area contributed by atoms with Gasteiger partial charge in [0, 0.05) is 37.3 Å². The minimum absolute atomic E-state index is 0.00769. The van der Waals surface area contributed by atoms with E-state index in [0.717, 1.165) is 36.6 Å². The Morgan fingerprint density at radius 2 is 2.13 bits per heavy atom. The molecule has 4 rings (SSSR count). The first-order valence-corrected chi connectivity index (χ1v) is 10.5. The molecule has 0 fully saturated rings. The number of amides is 1. The van der Waals surface area contributed by atoms with Gasteiger partial charge in [-0.15, -0.1) is 0 Å². The number of nitrogens with one attached hydrogen (secondary N) is 2. The lowest BCUT2D eigenvalue weighted by Crippen LogP contribution is -2.48. The lowest BCUT2D eigenvalue weighted by molar-refractivity contribution is -0.117. The van der Waals surface area contributed by atoms with Gasteiger partial charge in [-0.1, -0.05) is 19.1 Å². The molecule has 154 valence electrons. The second kappa shape index (κ2) is 8.29. The van der Waals surface area contributed by atoms with E-state index in [4.69, 9.17) is 5.26 Å². The SMILES string of the molecule is CC(=O)N1c2ccc(C3=CCNCC3)cc2[C@H](Nc2ccc(C#N)cn2)[C@@H](C)[C@@H]1C. The van der Waals surface area contributed by atoms with Crippen LogP contribution in [0, 0.1) is 17.2 Å². The van der Waals surface area contributed by atoms with E-state index in [2.05, 4.69) is 59.8 Å². The minimum Gasteiger partial charge on any atom is -0.363 e. The maximum Gasteiger partial charge on any atom is 0.224 e. The average molecular weight is 402 g/mol. The summed E-state index contributed by atoms with van der Waals surface area (Å²) in [6, 6.07) is 12.2. The van der Waals surface area contributed by atoms with Crippen molar-refractivity contribution in [3.05, 3.63) is 59.3 Å². The Morgan fingerprint density at radius 1 is 1.30 bits per heavy atom. The van der Waals surface area contributed by atoms with Gasteiger partial charge >= 0.3 is 0 Å². The zero-order valence-electron chi connectivity index (χ0n) is 17.6. The van der Waals surface area contributed by atoms with Crippen LogP contribution in [0.4, 0.5) is 11.5 Å². The number of fused-ring (bicyclic) bond motifs is 1. The number of pyridine rings is 1. The largest absolute Gasteiger partial charge is 0.363 e. The van der Waals surface area contributed by atoms with Crippen molar-refractivity contribution in [3.63, 3.8) is 0 Å². The maximum absolute atomic E-state index is 12.5. The topological polar surface area (TPSA) is 81.0 Å². The highest BCUT2D eigenvalue weighted by atomic mass is 16.2. The summed E-state index contributed by atoms with van der Waals surface area (Å²) in [6.45, 7) is 7.76. The standard InChI is InChI=1S/C24H27N5O/c1-15-16(2)29(17(3)30)22-6-5-20(19-8-10-26-11-9-19)12-21(22)24(15)28-23-7-4-18(13-25)14-27-23/h4-8,12,14-16,24,26H,9-11H2,1-3H3,(H,27,28)/t15-,16-,24+/m0/s1. The molecule has 3 heterocycles. The highest BCUT2D eigenvalue weighted by Crippen LogP contribution is 2.43. The molecule has 2 aromatic rings. The first kappa shape index (κ1) is 20.1. The fraction of sp³-hybridized carbons (Fsp3) is 0.375. The lowest BCUT2D eigenvalue weighted by Gasteiger charge is -2.44. The van der Waals surface area contributed by atoms with Crippen molar-refractivity contribution in [2.24, 2.45) is 5.92 Å². The van der Waals surface area contributed by atoms with Gasteiger partial charge in [-0.3, -0.25) is 4.79 Å². The van der Waals surface area contributed by atoms with Crippen molar-refractivity contribution in [2.75, 3.05) is 23.3 Å². The molecule has 1 aromatic heterocycles. The molecule has 2 aliphatic heterocycles. The number of carbonyl (C=O) groups is 1. The summed E-state index contributed by atoms with van der Waals surface area (Å²) in [5.74, 6) is 0.960. The molecule has 0 unspecified atom stereocenters. The molecule has 0 bridgehead atoms. The molecule has 0 radical (unpaired) electrons. The number of anilines is 2. The van der Waals surface area contributed by atoms with Gasteiger partial charge in [0.2, 0.25) is 5.91 Å². The van der Waals surface area contributed by atoms with Crippen LogP contribution in [0.25, 0.3) is 5.57 Å². The zero-order valence-corrected chi connectivity index (χ0v) is 17.6. The fourth-order valence-corrected chi connectivity index (χ4v) is 4.49. The van der Waals surface area contributed by atoms with Crippen LogP contribution in [0.3, 0.4) is 0 Å². The second-order valence-corrected chi connectivity index (χ2v) is 8.11. The number of nitrogens with zero attached hydrogens (tertiary/aromatic N) is 3. The van der Waals surface area contributed by atoms with Crippen LogP contribution < -0.4 is 15.5 Å². The van der Waals surface area contributed by atoms with E-state index < -0.39 is 0 Å². The number of hydrogen-bond donors (Lipinski definition) is 2. The Bertz CT molecular complexity index is 1020. The van der Waals surface area contributed by atoms with Crippen molar-refractivity contribution in [3.8, 4) is 6.07 Å². The summed E-state index contributed by atoms with van der Waals surface area (Å²) < 4.78 is 0. The number of benzene rings is 1. The number of aromatic nitrogens is 1. The molecule has 3 atom stereocenters. The molecule has 0 saturated heterocycles. The summed E-state index contributed by atoms with van der Waals surface area (Å²) in [4.78, 5) is 18.8. The van der Waals surface area contributed by atoms with E-state index in [9.17, 15) is 4.79 Å². The molecule has 1 aromatic carbocycles. The molecular weight excluding hydrogens is 374 g/mol. The van der Waals surface area contributed by atoms with Gasteiger partial charge in [-0.2, -0.15) is 5.26 Å². The second-order valence-electron chi connectivity index (χ2n) is 8.11. The molecule has 30 heavy (non-hydrogen) atoms. The molecular formula is C24H27N5O. The zero-order chi connectivity index (χ0) is 21.3. The van der Waals surface area contributed by atoms with E-state index >= 15 is 0 Å². The van der Waals surface area contributed by atoms with Crippen molar-refractivity contribution in [1.82, 2.24) is 10.3 Å². The molecule has 1 amide bonds. The summed E-state index contributed by atoms with van der Waals surface area (Å²) in [7, 11) is 0. The van der Waals surface area contributed by atoms with Crippen molar-refractivity contribution >= 4 is 23.0 Å². The van der Waals surface area contributed by atoms with Gasteiger partial charge in [0.1, 0.15) is 11.9 Å². The fourth-order valence-electron chi connectivity index (χ4n) is 4.49. The van der Waals surface area contributed by atoms with E-state index in [1.165, 1.54) is 11.1 Å². The number of hydrogen-bond acceptors (Lipinski definition) is 5. The average Bonchev–Trinajstić information content (AvgIpc) is 2.77. The molecule has 2 aliphatic rings. The van der Waals surface area contributed by atoms with Crippen LogP contribution in [-0.4, -0.2) is 30.0 Å². The van der Waals surface area contributed by atoms with Gasteiger partial charge in [0.15, 0.2) is 0 Å². The molecule has 2 N–H and O–H groups in total. The maximum atomic E-state index is 12.5. The molecule has 6 heteroatoms. The summed E-state index contributed by atoms with van der Waals surface area (Å²) in [5.41, 5.74) is 5.15. The molecule has 0 spiro atoms. The molecule has 0 aliphatic carbocycles. The molecule has 6 nitrogen and oxygen atoms in total. The normalized spacial score (nSPS) is 23.2. The predicted molar refractivity (Wildman–Crippen MR) is 119 cm³/mol. The number of nitriles is 1. The minimum atomic E-state index is 0.00769. The van der Waals surface area contributed by atoms with Gasteiger partial charge in [0.25, 0.3) is 0 Å². The van der Waals surface area contributed by atoms with E-state index in [-0.39, 0.29) is 23.9 Å². The quantitative estimate of drug-likeness (QED) is 0.816. The summed E-state index contributed by atoms with van der Waals surface area (Å²) in [5, 5.41) is 16.0. The van der Waals surface area contributed by atoms with Gasteiger partial charge in [0.05, 0.1) is 11.6 Å².